The molecule has 0 aliphatic carbocycles. The zero-order valence-electron chi connectivity index (χ0n) is 14.9. The Bertz CT molecular complexity index is 619. The van der Waals surface area contributed by atoms with Crippen LogP contribution in [0, 0.1) is 0 Å². The Labute approximate surface area is 148 Å². The molecule has 0 aromatic heterocycles. The lowest BCUT2D eigenvalue weighted by Crippen LogP contribution is -2.45. The molecule has 25 heavy (non-hydrogen) atoms. The second-order valence-corrected chi connectivity index (χ2v) is 6.70. The third-order valence-electron chi connectivity index (χ3n) is 5.18. The number of carbonyl (C=O) groups is 2. The normalized spacial score (nSPS) is 22.3. The van der Waals surface area contributed by atoms with Gasteiger partial charge in [0.05, 0.1) is 12.6 Å². The molecule has 0 saturated carbocycles. The number of hydrogen-bond acceptors (Lipinski definition) is 4. The van der Waals surface area contributed by atoms with Crippen molar-refractivity contribution in [2.75, 3.05) is 13.2 Å². The van der Waals surface area contributed by atoms with E-state index in [0.29, 0.717) is 19.4 Å². The van der Waals surface area contributed by atoms with Crippen LogP contribution in [0.3, 0.4) is 0 Å². The smallest absolute Gasteiger partial charge is 0.325 e. The lowest BCUT2D eigenvalue weighted by Gasteiger charge is -2.23. The Morgan fingerprint density at radius 1 is 1.24 bits per heavy atom. The highest BCUT2D eigenvalue weighted by atomic mass is 16.5. The fraction of sp³-hybridized carbons (Fsp3) is 0.579. The van der Waals surface area contributed by atoms with Gasteiger partial charge in [-0.1, -0.05) is 26.0 Å². The minimum absolute atomic E-state index is 0.138. The van der Waals surface area contributed by atoms with Gasteiger partial charge in [0, 0.05) is 6.61 Å². The van der Waals surface area contributed by atoms with Crippen LogP contribution < -0.4 is 10.1 Å². The first kappa shape index (κ1) is 17.7. The maximum Gasteiger partial charge on any atom is 0.325 e. The summed E-state index contributed by atoms with van der Waals surface area (Å²) in [5, 5.41) is 2.85. The van der Waals surface area contributed by atoms with Crippen LogP contribution in [0.25, 0.3) is 0 Å². The van der Waals surface area contributed by atoms with Crippen molar-refractivity contribution in [3.8, 4) is 5.75 Å². The molecule has 6 heteroatoms. The molecule has 0 unspecified atom stereocenters. The van der Waals surface area contributed by atoms with Crippen LogP contribution in [-0.4, -0.2) is 41.7 Å². The number of urea groups is 1. The lowest BCUT2D eigenvalue weighted by molar-refractivity contribution is -0.132. The summed E-state index contributed by atoms with van der Waals surface area (Å²) in [6, 6.07) is 7.21. The van der Waals surface area contributed by atoms with Gasteiger partial charge in [-0.2, -0.15) is 0 Å². The monoisotopic (exact) mass is 346 g/mol. The summed E-state index contributed by atoms with van der Waals surface area (Å²) in [7, 11) is 0. The molecular formula is C19H26N2O4. The van der Waals surface area contributed by atoms with E-state index in [1.54, 1.807) is 0 Å². The van der Waals surface area contributed by atoms with Gasteiger partial charge in [-0.15, -0.1) is 0 Å². The molecule has 2 heterocycles. The predicted molar refractivity (Wildman–Crippen MR) is 93.3 cm³/mol. The van der Waals surface area contributed by atoms with Gasteiger partial charge < -0.3 is 14.8 Å². The molecule has 1 atom stereocenters. The maximum absolute atomic E-state index is 12.6. The minimum Gasteiger partial charge on any atom is -0.491 e. The molecule has 1 aromatic rings. The van der Waals surface area contributed by atoms with Gasteiger partial charge in [0.1, 0.15) is 17.9 Å². The summed E-state index contributed by atoms with van der Waals surface area (Å²) in [4.78, 5) is 26.1. The number of ether oxygens (including phenoxy) is 2. The van der Waals surface area contributed by atoms with E-state index in [2.05, 4.69) is 5.32 Å². The van der Waals surface area contributed by atoms with E-state index in [-0.39, 0.29) is 24.6 Å². The maximum atomic E-state index is 12.6. The van der Waals surface area contributed by atoms with Gasteiger partial charge >= 0.3 is 6.03 Å². The number of nitrogens with one attached hydrogen (secondary N) is 1. The molecule has 0 radical (unpaired) electrons. The number of hydrogen-bond donors (Lipinski definition) is 1. The van der Waals surface area contributed by atoms with Crippen molar-refractivity contribution in [2.45, 2.75) is 57.7 Å². The van der Waals surface area contributed by atoms with Crippen LogP contribution in [0.4, 0.5) is 4.79 Å². The first-order chi connectivity index (χ1) is 12.1. The van der Waals surface area contributed by atoms with Crippen molar-refractivity contribution in [3.05, 3.63) is 29.8 Å². The Kier molecular flexibility index (Phi) is 5.27. The van der Waals surface area contributed by atoms with E-state index in [4.69, 9.17) is 9.47 Å². The lowest BCUT2D eigenvalue weighted by atomic mass is 9.93. The standard InChI is InChI=1S/C19H26N2O4/c1-3-19(4-2)17(22)21(18(23)20-19)12-14-7-9-15(10-8-14)25-13-16-6-5-11-24-16/h7-10,16H,3-6,11-13H2,1-2H3,(H,20,23)/t16-/m0/s1. The SMILES string of the molecule is CCC1(CC)NC(=O)N(Cc2ccc(OC[C@@H]3CCCO3)cc2)C1=O. The molecule has 6 nitrogen and oxygen atoms in total. The van der Waals surface area contributed by atoms with E-state index >= 15 is 0 Å². The highest BCUT2D eigenvalue weighted by Gasteiger charge is 2.48. The number of rotatable bonds is 7. The highest BCUT2D eigenvalue weighted by Crippen LogP contribution is 2.26. The van der Waals surface area contributed by atoms with Crippen LogP contribution in [-0.2, 0) is 16.1 Å². The number of benzene rings is 1. The van der Waals surface area contributed by atoms with Gasteiger partial charge in [0.25, 0.3) is 5.91 Å². The van der Waals surface area contributed by atoms with Crippen molar-refractivity contribution in [2.24, 2.45) is 0 Å². The Morgan fingerprint density at radius 3 is 2.52 bits per heavy atom. The molecule has 0 bridgehead atoms. The molecule has 136 valence electrons. The number of carbonyl (C=O) groups excluding carboxylic acids is 2. The molecule has 3 amide bonds. The van der Waals surface area contributed by atoms with Crippen molar-refractivity contribution >= 4 is 11.9 Å². The van der Waals surface area contributed by atoms with E-state index in [9.17, 15) is 9.59 Å². The van der Waals surface area contributed by atoms with Crippen LogP contribution in [0.15, 0.2) is 24.3 Å². The Morgan fingerprint density at radius 2 is 1.96 bits per heavy atom. The highest BCUT2D eigenvalue weighted by molar-refractivity contribution is 6.06. The van der Waals surface area contributed by atoms with E-state index in [1.165, 1.54) is 4.90 Å². The number of nitrogens with zero attached hydrogens (tertiary/aromatic N) is 1. The van der Waals surface area contributed by atoms with Crippen molar-refractivity contribution in [3.63, 3.8) is 0 Å². The molecule has 1 aromatic carbocycles. The van der Waals surface area contributed by atoms with E-state index in [0.717, 1.165) is 30.8 Å². The first-order valence-corrected chi connectivity index (χ1v) is 9.05. The molecule has 2 saturated heterocycles. The first-order valence-electron chi connectivity index (χ1n) is 9.05. The molecule has 1 N–H and O–H groups in total. The van der Waals surface area contributed by atoms with E-state index < -0.39 is 5.54 Å². The van der Waals surface area contributed by atoms with Crippen molar-refractivity contribution < 1.29 is 19.1 Å². The Balaban J connectivity index is 1.59. The molecule has 2 aliphatic heterocycles. The van der Waals surface area contributed by atoms with Gasteiger partial charge in [-0.3, -0.25) is 9.69 Å². The van der Waals surface area contributed by atoms with Crippen LogP contribution >= 0.6 is 0 Å². The van der Waals surface area contributed by atoms with Gasteiger partial charge in [0.15, 0.2) is 0 Å². The quantitative estimate of drug-likeness (QED) is 0.771. The average molecular weight is 346 g/mol. The van der Waals surface area contributed by atoms with Gasteiger partial charge in [-0.05, 0) is 43.4 Å². The second-order valence-electron chi connectivity index (χ2n) is 6.70. The third kappa shape index (κ3) is 3.63. The zero-order chi connectivity index (χ0) is 17.9. The molecular weight excluding hydrogens is 320 g/mol. The summed E-state index contributed by atoms with van der Waals surface area (Å²) in [5.74, 6) is 0.633. The summed E-state index contributed by atoms with van der Waals surface area (Å²) < 4.78 is 11.3. The molecule has 2 aliphatic rings. The van der Waals surface area contributed by atoms with E-state index in [1.807, 2.05) is 38.1 Å². The van der Waals surface area contributed by atoms with Gasteiger partial charge in [0.2, 0.25) is 0 Å². The van der Waals surface area contributed by atoms with Crippen LogP contribution in [0.2, 0.25) is 0 Å². The summed E-state index contributed by atoms with van der Waals surface area (Å²) in [5.41, 5.74) is 0.150. The van der Waals surface area contributed by atoms with Crippen LogP contribution in [0.5, 0.6) is 5.75 Å². The largest absolute Gasteiger partial charge is 0.491 e. The molecule has 0 spiro atoms. The predicted octanol–water partition coefficient (Wildman–Crippen LogP) is 2.86. The molecule has 3 rings (SSSR count). The van der Waals surface area contributed by atoms with Crippen molar-refractivity contribution in [1.82, 2.24) is 10.2 Å². The molecule has 2 fully saturated rings. The fourth-order valence-electron chi connectivity index (χ4n) is 3.39. The van der Waals surface area contributed by atoms with Gasteiger partial charge in [-0.25, -0.2) is 4.79 Å². The summed E-state index contributed by atoms with van der Waals surface area (Å²) in [6.45, 7) is 5.49. The summed E-state index contributed by atoms with van der Waals surface area (Å²) >= 11 is 0. The average Bonchev–Trinajstić information content (AvgIpc) is 3.23. The Hall–Kier alpha value is -2.08. The van der Waals surface area contributed by atoms with Crippen LogP contribution in [0.1, 0.15) is 45.1 Å². The second kappa shape index (κ2) is 7.44. The zero-order valence-corrected chi connectivity index (χ0v) is 14.9. The van der Waals surface area contributed by atoms with Crippen molar-refractivity contribution in [1.29, 1.82) is 0 Å². The minimum atomic E-state index is -0.749. The number of amides is 3. The topological polar surface area (TPSA) is 67.9 Å². The number of imide groups is 1. The summed E-state index contributed by atoms with van der Waals surface area (Å²) in [6.07, 6.45) is 3.51. The third-order valence-corrected chi connectivity index (χ3v) is 5.18. The fourth-order valence-corrected chi connectivity index (χ4v) is 3.39.